The van der Waals surface area contributed by atoms with Crippen LogP contribution in [0.5, 0.6) is 0 Å². The van der Waals surface area contributed by atoms with Crippen LogP contribution >= 0.6 is 0 Å². The van der Waals surface area contributed by atoms with Crippen LogP contribution in [0.4, 0.5) is 0 Å². The molecule has 0 aromatic heterocycles. The molecule has 5 nitrogen and oxygen atoms in total. The minimum atomic E-state index is 0.0876. The molecule has 1 atom stereocenters. The molecule has 2 fully saturated rings. The molecule has 2 aliphatic rings. The van der Waals surface area contributed by atoms with Gasteiger partial charge in [-0.3, -0.25) is 9.59 Å². The van der Waals surface area contributed by atoms with Crippen LogP contribution < -0.4 is 11.1 Å². The summed E-state index contributed by atoms with van der Waals surface area (Å²) in [6, 6.07) is 0.112. The highest BCUT2D eigenvalue weighted by Gasteiger charge is 2.30. The van der Waals surface area contributed by atoms with Gasteiger partial charge in [-0.15, -0.1) is 0 Å². The van der Waals surface area contributed by atoms with Gasteiger partial charge in [0.1, 0.15) is 0 Å². The van der Waals surface area contributed by atoms with Gasteiger partial charge in [-0.05, 0) is 51.0 Å². The Kier molecular flexibility index (Phi) is 10.0. The van der Waals surface area contributed by atoms with Crippen molar-refractivity contribution >= 4 is 11.8 Å². The van der Waals surface area contributed by atoms with Crippen molar-refractivity contribution in [2.45, 2.75) is 95.9 Å². The molecule has 3 N–H and O–H groups in total. The van der Waals surface area contributed by atoms with Crippen molar-refractivity contribution in [3.05, 3.63) is 0 Å². The first-order valence-electron chi connectivity index (χ1n) is 11.0. The Bertz CT molecular complexity index is 421. The summed E-state index contributed by atoms with van der Waals surface area (Å²) in [5.41, 5.74) is 5.48. The van der Waals surface area contributed by atoms with Crippen LogP contribution in [0, 0.1) is 5.92 Å². The number of carbonyl (C=O) groups is 2. The number of unbranched alkanes of at least 4 members (excludes halogenated alkanes) is 2. The molecular weight excluding hydrogens is 326 g/mol. The van der Waals surface area contributed by atoms with E-state index >= 15 is 0 Å². The van der Waals surface area contributed by atoms with Gasteiger partial charge in [0.05, 0.1) is 0 Å². The van der Waals surface area contributed by atoms with E-state index in [1.165, 1.54) is 38.5 Å². The first-order chi connectivity index (χ1) is 12.7. The zero-order chi connectivity index (χ0) is 18.6. The first kappa shape index (κ1) is 21.2. The van der Waals surface area contributed by atoms with Gasteiger partial charge in [-0.1, -0.05) is 38.5 Å². The number of nitrogens with zero attached hydrogens (tertiary/aromatic N) is 1. The van der Waals surface area contributed by atoms with Gasteiger partial charge in [0, 0.05) is 32.0 Å². The van der Waals surface area contributed by atoms with Crippen molar-refractivity contribution in [3.63, 3.8) is 0 Å². The second-order valence-corrected chi connectivity index (χ2v) is 8.18. The molecule has 0 aromatic rings. The van der Waals surface area contributed by atoms with Gasteiger partial charge in [-0.25, -0.2) is 0 Å². The van der Waals surface area contributed by atoms with Gasteiger partial charge in [-0.2, -0.15) is 0 Å². The van der Waals surface area contributed by atoms with Gasteiger partial charge < -0.3 is 16.0 Å². The number of hydrogen-bond acceptors (Lipinski definition) is 3. The number of rotatable bonds is 11. The van der Waals surface area contributed by atoms with E-state index in [-0.39, 0.29) is 17.9 Å². The van der Waals surface area contributed by atoms with E-state index in [0.29, 0.717) is 19.4 Å². The average Bonchev–Trinajstić information content (AvgIpc) is 3.10. The molecule has 1 saturated heterocycles. The summed E-state index contributed by atoms with van der Waals surface area (Å²) < 4.78 is 0. The number of nitrogens with one attached hydrogen (secondary N) is 1. The van der Waals surface area contributed by atoms with Crippen LogP contribution in [0.25, 0.3) is 0 Å². The summed E-state index contributed by atoms with van der Waals surface area (Å²) in [6.45, 7) is 2.27. The second kappa shape index (κ2) is 12.3. The summed E-state index contributed by atoms with van der Waals surface area (Å²) in [6.07, 6.45) is 15.2. The molecule has 2 rings (SSSR count). The van der Waals surface area contributed by atoms with Crippen molar-refractivity contribution in [1.82, 2.24) is 10.2 Å². The smallest absolute Gasteiger partial charge is 0.222 e. The highest BCUT2D eigenvalue weighted by molar-refractivity contribution is 5.80. The summed E-state index contributed by atoms with van der Waals surface area (Å²) >= 11 is 0. The maximum absolute atomic E-state index is 12.6. The van der Waals surface area contributed by atoms with Gasteiger partial charge in [0.2, 0.25) is 11.8 Å². The number of amides is 2. The van der Waals surface area contributed by atoms with Crippen LogP contribution in [0.15, 0.2) is 0 Å². The molecule has 150 valence electrons. The summed E-state index contributed by atoms with van der Waals surface area (Å²) in [5, 5.41) is 3.00. The lowest BCUT2D eigenvalue weighted by molar-refractivity contribution is -0.133. The van der Waals surface area contributed by atoms with Gasteiger partial charge in [0.15, 0.2) is 0 Å². The van der Waals surface area contributed by atoms with E-state index < -0.39 is 0 Å². The largest absolute Gasteiger partial charge is 0.356 e. The van der Waals surface area contributed by atoms with Crippen LogP contribution in [-0.4, -0.2) is 42.4 Å². The number of carbonyl (C=O) groups excluding carboxylic acids is 2. The molecule has 1 aliphatic carbocycles. The molecule has 0 bridgehead atoms. The lowest BCUT2D eigenvalue weighted by atomic mass is 9.86. The number of nitrogens with two attached hydrogens (primary N) is 1. The molecule has 1 heterocycles. The van der Waals surface area contributed by atoms with Crippen molar-refractivity contribution in [2.24, 2.45) is 11.7 Å². The van der Waals surface area contributed by atoms with E-state index in [4.69, 9.17) is 5.73 Å². The van der Waals surface area contributed by atoms with Crippen LogP contribution in [-0.2, 0) is 9.59 Å². The Labute approximate surface area is 159 Å². The van der Waals surface area contributed by atoms with E-state index in [1.54, 1.807) is 0 Å². The zero-order valence-electron chi connectivity index (χ0n) is 16.5. The standard InChI is InChI=1S/C21H39N3O2/c22-14-5-2-6-15-23-20(25)17-19-12-8-16-24(19)21(26)13-7-11-18-9-3-1-4-10-18/h18-19H,1-17,22H2,(H,23,25). The molecule has 26 heavy (non-hydrogen) atoms. The Morgan fingerprint density at radius 1 is 0.962 bits per heavy atom. The Morgan fingerprint density at radius 2 is 1.77 bits per heavy atom. The van der Waals surface area contributed by atoms with Gasteiger partial charge in [0.25, 0.3) is 0 Å². The Hall–Kier alpha value is -1.10. The second-order valence-electron chi connectivity index (χ2n) is 8.18. The number of likely N-dealkylation sites (tertiary alicyclic amines) is 1. The molecule has 1 unspecified atom stereocenters. The quantitative estimate of drug-likeness (QED) is 0.551. The topological polar surface area (TPSA) is 75.4 Å². The van der Waals surface area contributed by atoms with Crippen molar-refractivity contribution < 1.29 is 9.59 Å². The molecule has 0 aromatic carbocycles. The Morgan fingerprint density at radius 3 is 2.54 bits per heavy atom. The third-order valence-corrected chi connectivity index (χ3v) is 6.05. The van der Waals surface area contributed by atoms with E-state index in [2.05, 4.69) is 5.32 Å². The maximum Gasteiger partial charge on any atom is 0.222 e. The molecule has 1 aliphatic heterocycles. The van der Waals surface area contributed by atoms with E-state index in [9.17, 15) is 9.59 Å². The minimum absolute atomic E-state index is 0.0876. The highest BCUT2D eigenvalue weighted by atomic mass is 16.2. The molecule has 1 saturated carbocycles. The lowest BCUT2D eigenvalue weighted by Crippen LogP contribution is -2.39. The summed E-state index contributed by atoms with van der Waals surface area (Å²) in [4.78, 5) is 26.7. The fraction of sp³-hybridized carbons (Fsp3) is 0.905. The van der Waals surface area contributed by atoms with Crippen molar-refractivity contribution in [3.8, 4) is 0 Å². The van der Waals surface area contributed by atoms with Crippen LogP contribution in [0.1, 0.15) is 89.9 Å². The lowest BCUT2D eigenvalue weighted by Gasteiger charge is -2.25. The first-order valence-corrected chi connectivity index (χ1v) is 11.0. The SMILES string of the molecule is NCCCCCNC(=O)CC1CCCN1C(=O)CCCC1CCCCC1. The molecular formula is C21H39N3O2. The molecule has 0 spiro atoms. The normalized spacial score (nSPS) is 21.1. The third kappa shape index (κ3) is 7.65. The maximum atomic E-state index is 12.6. The third-order valence-electron chi connectivity index (χ3n) is 6.05. The van der Waals surface area contributed by atoms with Gasteiger partial charge >= 0.3 is 0 Å². The van der Waals surface area contributed by atoms with Crippen LogP contribution in [0.2, 0.25) is 0 Å². The monoisotopic (exact) mass is 365 g/mol. The highest BCUT2D eigenvalue weighted by Crippen LogP contribution is 2.28. The number of hydrogen-bond donors (Lipinski definition) is 2. The zero-order valence-corrected chi connectivity index (χ0v) is 16.5. The summed E-state index contributed by atoms with van der Waals surface area (Å²) in [5.74, 6) is 1.19. The predicted octanol–water partition coefficient (Wildman–Crippen LogP) is 3.36. The average molecular weight is 366 g/mol. The molecule has 2 amide bonds. The van der Waals surface area contributed by atoms with Crippen molar-refractivity contribution in [2.75, 3.05) is 19.6 Å². The Balaban J connectivity index is 1.62. The minimum Gasteiger partial charge on any atom is -0.356 e. The fourth-order valence-electron chi connectivity index (χ4n) is 4.50. The van der Waals surface area contributed by atoms with Crippen LogP contribution in [0.3, 0.4) is 0 Å². The van der Waals surface area contributed by atoms with Crippen molar-refractivity contribution in [1.29, 1.82) is 0 Å². The van der Waals surface area contributed by atoms with E-state index in [1.807, 2.05) is 4.90 Å². The van der Waals surface area contributed by atoms with E-state index in [0.717, 1.165) is 57.5 Å². The summed E-state index contributed by atoms with van der Waals surface area (Å²) in [7, 11) is 0. The fourth-order valence-corrected chi connectivity index (χ4v) is 4.50. The molecule has 0 radical (unpaired) electrons. The predicted molar refractivity (Wildman–Crippen MR) is 106 cm³/mol. The molecule has 5 heteroatoms.